The Balaban J connectivity index is 1.14. The highest BCUT2D eigenvalue weighted by molar-refractivity contribution is 7.94. The summed E-state index contributed by atoms with van der Waals surface area (Å²) < 4.78 is 21.2. The number of ether oxygens (including phenoxy) is 2. The van der Waals surface area contributed by atoms with Crippen LogP contribution in [0.15, 0.2) is 81.4 Å². The molecule has 6 rings (SSSR count). The average Bonchev–Trinajstić information content (AvgIpc) is 3.61. The van der Waals surface area contributed by atoms with Gasteiger partial charge in [0.2, 0.25) is 16.7 Å². The van der Waals surface area contributed by atoms with Crippen LogP contribution in [0.4, 0.5) is 5.69 Å². The van der Waals surface area contributed by atoms with Crippen molar-refractivity contribution in [3.05, 3.63) is 92.6 Å². The van der Waals surface area contributed by atoms with E-state index in [1.165, 1.54) is 0 Å². The first-order chi connectivity index (χ1) is 21.7. The summed E-state index contributed by atoms with van der Waals surface area (Å²) in [5.74, 6) is 1.02. The van der Waals surface area contributed by atoms with Gasteiger partial charge in [-0.15, -0.1) is 0 Å². The molecule has 3 aliphatic heterocycles. The standard InChI is InChI=1S/C32H35ClN6O5S/c1-18-37-38-31-25(36-30(19-4-7-21(33)8-5-19)23-15-22(43-2)9-10-26(23)39(18)31)16-29(40)34-12-13-35-32(41)20-6-11-27-24(14-20)28(17-44-27)45(3)42/h4-11,15,18,25,31,37-38,42H,12-14,16-17H2,1-3H3,(H-,34,35,40,41)/p+1/t18?,25-,31?,45?/m0/s1. The SMILES string of the molecule is COc1ccc2c(c1)C(c1ccc(Cl)cc1)=N[C@@H](CC(=O)NCCNC(=O)C1=CC=C3OCC([S+](C)O)=C3C1)C1NNC(C)N21. The van der Waals surface area contributed by atoms with Crippen LogP contribution in [0.2, 0.25) is 5.02 Å². The minimum absolute atomic E-state index is 0.0635. The van der Waals surface area contributed by atoms with Crippen molar-refractivity contribution in [2.75, 3.05) is 38.0 Å². The van der Waals surface area contributed by atoms with Crippen LogP contribution in [0.5, 0.6) is 5.75 Å². The van der Waals surface area contributed by atoms with E-state index in [1.807, 2.05) is 49.4 Å². The Hall–Kier alpha value is -3.81. The van der Waals surface area contributed by atoms with Crippen LogP contribution in [0, 0.1) is 0 Å². The number of aliphatic imine (C=N–C) groups is 1. The molecule has 4 aliphatic rings. The van der Waals surface area contributed by atoms with Gasteiger partial charge in [-0.3, -0.25) is 14.6 Å². The van der Waals surface area contributed by atoms with E-state index in [0.29, 0.717) is 35.1 Å². The summed E-state index contributed by atoms with van der Waals surface area (Å²) in [6, 6.07) is 13.0. The molecule has 2 aromatic carbocycles. The molecule has 3 unspecified atom stereocenters. The van der Waals surface area contributed by atoms with Crippen LogP contribution in [-0.2, 0) is 25.5 Å². The maximum absolute atomic E-state index is 13.3. The quantitative estimate of drug-likeness (QED) is 0.206. The van der Waals surface area contributed by atoms with Gasteiger partial charge in [0.15, 0.2) is 17.8 Å². The summed E-state index contributed by atoms with van der Waals surface area (Å²) in [4.78, 5) is 34.3. The molecule has 2 aromatic rings. The Morgan fingerprint density at radius 1 is 1.16 bits per heavy atom. The van der Waals surface area contributed by atoms with Crippen LogP contribution < -0.4 is 31.1 Å². The zero-order valence-corrected chi connectivity index (χ0v) is 26.8. The topological polar surface area (TPSA) is 137 Å². The van der Waals surface area contributed by atoms with Gasteiger partial charge in [-0.05, 0) is 49.4 Å². The smallest absolute Gasteiger partial charge is 0.247 e. The van der Waals surface area contributed by atoms with Crippen molar-refractivity contribution in [3.63, 3.8) is 0 Å². The molecule has 5 N–H and O–H groups in total. The molecule has 0 saturated carbocycles. The van der Waals surface area contributed by atoms with Crippen LogP contribution in [0.3, 0.4) is 0 Å². The van der Waals surface area contributed by atoms with Crippen molar-refractivity contribution in [1.29, 1.82) is 0 Å². The molecular formula is C32H36ClN6O5S+. The third-order valence-corrected chi connectivity index (χ3v) is 9.57. The Morgan fingerprint density at radius 2 is 1.93 bits per heavy atom. The van der Waals surface area contributed by atoms with E-state index in [-0.39, 0.29) is 43.7 Å². The molecule has 2 amide bonds. The molecule has 1 aliphatic carbocycles. The minimum atomic E-state index is -0.909. The fourth-order valence-corrected chi connectivity index (χ4v) is 6.86. The predicted octanol–water partition coefficient (Wildman–Crippen LogP) is 3.00. The van der Waals surface area contributed by atoms with E-state index in [2.05, 4.69) is 26.4 Å². The van der Waals surface area contributed by atoms with Crippen molar-refractivity contribution >= 4 is 46.0 Å². The summed E-state index contributed by atoms with van der Waals surface area (Å²) in [5.41, 5.74) is 11.6. The van der Waals surface area contributed by atoms with Crippen LogP contribution in [0.1, 0.15) is 30.9 Å². The fourth-order valence-electron chi connectivity index (χ4n) is 5.97. The van der Waals surface area contributed by atoms with E-state index in [0.717, 1.165) is 33.0 Å². The van der Waals surface area contributed by atoms with Gasteiger partial charge in [0.05, 0.1) is 37.0 Å². The number of nitrogens with zero attached hydrogens (tertiary/aromatic N) is 2. The monoisotopic (exact) mass is 651 g/mol. The fraction of sp³-hybridized carbons (Fsp3) is 0.344. The second-order valence-electron chi connectivity index (χ2n) is 11.1. The van der Waals surface area contributed by atoms with Crippen LogP contribution in [0.25, 0.3) is 0 Å². The number of nitrogens with one attached hydrogen (secondary N) is 4. The number of halogens is 1. The minimum Gasteiger partial charge on any atom is -0.497 e. The zero-order valence-electron chi connectivity index (χ0n) is 25.2. The highest BCUT2D eigenvalue weighted by Gasteiger charge is 2.41. The molecule has 236 valence electrons. The number of carbonyl (C=O) groups is 2. The number of anilines is 1. The Morgan fingerprint density at radius 3 is 2.69 bits per heavy atom. The molecule has 0 spiro atoms. The number of hydrogen-bond acceptors (Lipinski definition) is 9. The first-order valence-electron chi connectivity index (χ1n) is 14.7. The molecule has 1 fully saturated rings. The molecule has 3 heterocycles. The Kier molecular flexibility index (Phi) is 9.20. The molecule has 4 atom stereocenters. The van der Waals surface area contributed by atoms with Crippen molar-refractivity contribution < 1.29 is 23.6 Å². The number of allylic oxidation sites excluding steroid dienone is 3. The Labute approximate surface area is 269 Å². The zero-order chi connectivity index (χ0) is 31.7. The summed E-state index contributed by atoms with van der Waals surface area (Å²) >= 11 is 5.29. The van der Waals surface area contributed by atoms with E-state index in [9.17, 15) is 14.1 Å². The highest BCUT2D eigenvalue weighted by Crippen LogP contribution is 2.37. The largest absolute Gasteiger partial charge is 0.497 e. The normalized spacial score (nSPS) is 22.6. The first-order valence-corrected chi connectivity index (χ1v) is 16.7. The molecule has 45 heavy (non-hydrogen) atoms. The maximum atomic E-state index is 13.3. The number of hydrogen-bond donors (Lipinski definition) is 5. The van der Waals surface area contributed by atoms with Gasteiger partial charge in [0.1, 0.15) is 23.9 Å². The number of amides is 2. The number of benzene rings is 2. The van der Waals surface area contributed by atoms with E-state index in [1.54, 1.807) is 25.5 Å². The number of hydrazine groups is 1. The van der Waals surface area contributed by atoms with E-state index in [4.69, 9.17) is 26.1 Å². The van der Waals surface area contributed by atoms with Gasteiger partial charge in [-0.25, -0.2) is 10.9 Å². The molecular weight excluding hydrogens is 616 g/mol. The second kappa shape index (κ2) is 13.3. The third-order valence-electron chi connectivity index (χ3n) is 8.24. The lowest BCUT2D eigenvalue weighted by atomic mass is 9.98. The van der Waals surface area contributed by atoms with Crippen molar-refractivity contribution in [2.24, 2.45) is 4.99 Å². The lowest BCUT2D eigenvalue weighted by Crippen LogP contribution is -2.48. The van der Waals surface area contributed by atoms with Crippen molar-refractivity contribution in [3.8, 4) is 5.75 Å². The lowest BCUT2D eigenvalue weighted by Gasteiger charge is -2.31. The molecule has 1 saturated heterocycles. The molecule has 0 bridgehead atoms. The van der Waals surface area contributed by atoms with Gasteiger partial charge in [-0.1, -0.05) is 23.7 Å². The average molecular weight is 652 g/mol. The lowest BCUT2D eigenvalue weighted by molar-refractivity contribution is -0.122. The summed E-state index contributed by atoms with van der Waals surface area (Å²) in [6.07, 6.45) is 5.40. The predicted molar refractivity (Wildman–Crippen MR) is 176 cm³/mol. The summed E-state index contributed by atoms with van der Waals surface area (Å²) in [7, 11) is 1.63. The molecule has 13 heteroatoms. The second-order valence-corrected chi connectivity index (χ2v) is 13.0. The Bertz CT molecular complexity index is 1620. The van der Waals surface area contributed by atoms with Crippen LogP contribution in [-0.4, -0.2) is 73.5 Å². The molecule has 11 nitrogen and oxygen atoms in total. The number of carbonyl (C=O) groups excluding carboxylic acids is 2. The number of fused-ring (bicyclic) bond motifs is 4. The van der Waals surface area contributed by atoms with Gasteiger partial charge < -0.3 is 25.0 Å². The van der Waals surface area contributed by atoms with Gasteiger partial charge >= 0.3 is 0 Å². The first kappa shape index (κ1) is 31.2. The summed E-state index contributed by atoms with van der Waals surface area (Å²) in [5, 5.41) is 6.45. The van der Waals surface area contributed by atoms with Gasteiger partial charge in [0.25, 0.3) is 0 Å². The van der Waals surface area contributed by atoms with Crippen molar-refractivity contribution in [2.45, 2.75) is 38.1 Å². The van der Waals surface area contributed by atoms with Crippen molar-refractivity contribution in [1.82, 2.24) is 21.5 Å². The van der Waals surface area contributed by atoms with Gasteiger partial charge in [0, 0.05) is 46.9 Å². The van der Waals surface area contributed by atoms with E-state index >= 15 is 0 Å². The summed E-state index contributed by atoms with van der Waals surface area (Å²) in [6.45, 7) is 2.93. The number of rotatable bonds is 9. The molecule has 0 radical (unpaired) electrons. The molecule has 0 aromatic heterocycles. The third kappa shape index (κ3) is 6.47. The van der Waals surface area contributed by atoms with Crippen LogP contribution >= 0.6 is 11.6 Å². The maximum Gasteiger partial charge on any atom is 0.247 e. The highest BCUT2D eigenvalue weighted by atomic mass is 35.5. The number of methoxy groups -OCH3 is 1. The van der Waals surface area contributed by atoms with E-state index < -0.39 is 17.2 Å². The van der Waals surface area contributed by atoms with Gasteiger partial charge in [-0.2, -0.15) is 4.55 Å².